The summed E-state index contributed by atoms with van der Waals surface area (Å²) in [6, 6.07) is 15.6. The lowest BCUT2D eigenvalue weighted by Crippen LogP contribution is -2.29. The summed E-state index contributed by atoms with van der Waals surface area (Å²) in [5.74, 6) is 0.0982. The lowest BCUT2D eigenvalue weighted by Gasteiger charge is -2.19. The predicted octanol–water partition coefficient (Wildman–Crippen LogP) is 4.65. The molecule has 0 aliphatic heterocycles. The molecule has 0 aliphatic rings. The number of nitrogens with one attached hydrogen (secondary N) is 1. The van der Waals surface area contributed by atoms with Gasteiger partial charge in [-0.2, -0.15) is 0 Å². The van der Waals surface area contributed by atoms with Gasteiger partial charge in [-0.1, -0.05) is 69.0 Å². The fraction of sp³-hybridized carbons (Fsp3) is 0.400. The molecule has 1 N–H and O–H groups in total. The van der Waals surface area contributed by atoms with Crippen molar-refractivity contribution in [2.75, 3.05) is 0 Å². The van der Waals surface area contributed by atoms with E-state index in [0.29, 0.717) is 6.42 Å². The average molecular weight is 310 g/mol. The van der Waals surface area contributed by atoms with Gasteiger partial charge < -0.3 is 5.32 Å². The van der Waals surface area contributed by atoms with Gasteiger partial charge in [0.2, 0.25) is 5.91 Å². The number of aromatic nitrogens is 1. The van der Waals surface area contributed by atoms with Crippen LogP contribution in [-0.4, -0.2) is 10.9 Å². The molecule has 0 saturated carbocycles. The Kier molecular flexibility index (Phi) is 7.31. The van der Waals surface area contributed by atoms with Crippen molar-refractivity contribution in [1.29, 1.82) is 0 Å². The summed E-state index contributed by atoms with van der Waals surface area (Å²) >= 11 is 0. The molecule has 23 heavy (non-hydrogen) atoms. The number of rotatable bonds is 9. The largest absolute Gasteiger partial charge is 0.344 e. The zero-order valence-electron chi connectivity index (χ0n) is 13.9. The van der Waals surface area contributed by atoms with Gasteiger partial charge in [-0.15, -0.1) is 0 Å². The SMILES string of the molecule is CCCCCCCC(=O)NC(c1ccccc1)c1ccccn1. The van der Waals surface area contributed by atoms with Crippen molar-refractivity contribution in [3.05, 3.63) is 66.0 Å². The molecule has 1 aromatic heterocycles. The van der Waals surface area contributed by atoms with E-state index in [1.807, 2.05) is 48.5 Å². The van der Waals surface area contributed by atoms with Crippen LogP contribution in [0.5, 0.6) is 0 Å². The maximum atomic E-state index is 12.3. The minimum Gasteiger partial charge on any atom is -0.344 e. The molecule has 3 nitrogen and oxygen atoms in total. The maximum Gasteiger partial charge on any atom is 0.220 e. The van der Waals surface area contributed by atoms with E-state index in [4.69, 9.17) is 0 Å². The zero-order valence-corrected chi connectivity index (χ0v) is 13.9. The summed E-state index contributed by atoms with van der Waals surface area (Å²) in [5.41, 5.74) is 1.93. The second-order valence-electron chi connectivity index (χ2n) is 5.83. The predicted molar refractivity (Wildman–Crippen MR) is 94.0 cm³/mol. The molecule has 2 rings (SSSR count). The second-order valence-corrected chi connectivity index (χ2v) is 5.83. The second kappa shape index (κ2) is 9.78. The molecule has 0 spiro atoms. The molecule has 1 unspecified atom stereocenters. The normalized spacial score (nSPS) is 11.9. The van der Waals surface area contributed by atoms with Crippen LogP contribution in [0.1, 0.15) is 62.7 Å². The van der Waals surface area contributed by atoms with E-state index >= 15 is 0 Å². The average Bonchev–Trinajstić information content (AvgIpc) is 2.61. The molecule has 0 fully saturated rings. The Morgan fingerprint density at radius 1 is 1.00 bits per heavy atom. The van der Waals surface area contributed by atoms with E-state index in [1.165, 1.54) is 19.3 Å². The van der Waals surface area contributed by atoms with Gasteiger partial charge >= 0.3 is 0 Å². The summed E-state index contributed by atoms with van der Waals surface area (Å²) < 4.78 is 0. The van der Waals surface area contributed by atoms with E-state index in [-0.39, 0.29) is 11.9 Å². The van der Waals surface area contributed by atoms with E-state index in [0.717, 1.165) is 24.1 Å². The van der Waals surface area contributed by atoms with E-state index in [1.54, 1.807) is 6.20 Å². The Bertz CT molecular complexity index is 529. The minimum absolute atomic E-state index is 0.0982. The van der Waals surface area contributed by atoms with Gasteiger partial charge in [0.1, 0.15) is 0 Å². The van der Waals surface area contributed by atoms with Crippen molar-refractivity contribution in [3.8, 4) is 0 Å². The number of benzene rings is 1. The summed E-state index contributed by atoms with van der Waals surface area (Å²) in [6.07, 6.45) is 8.12. The molecule has 1 aromatic carbocycles. The standard InChI is InChI=1S/C20H26N2O/c1-2-3-4-5-9-15-19(23)22-20(17-12-7-6-8-13-17)18-14-10-11-16-21-18/h6-8,10-14,16,20H,2-5,9,15H2,1H3,(H,22,23). The molecule has 0 aliphatic carbocycles. The summed E-state index contributed by atoms with van der Waals surface area (Å²) in [5, 5.41) is 3.14. The van der Waals surface area contributed by atoms with Crippen molar-refractivity contribution in [2.45, 2.75) is 51.5 Å². The Balaban J connectivity index is 1.97. The van der Waals surface area contributed by atoms with Crippen LogP contribution < -0.4 is 5.32 Å². The van der Waals surface area contributed by atoms with Crippen LogP contribution in [0.25, 0.3) is 0 Å². The first-order chi connectivity index (χ1) is 11.3. The zero-order chi connectivity index (χ0) is 16.3. The quantitative estimate of drug-likeness (QED) is 0.685. The van der Waals surface area contributed by atoms with Gasteiger partial charge in [0.25, 0.3) is 0 Å². The Morgan fingerprint density at radius 2 is 1.74 bits per heavy atom. The number of carbonyl (C=O) groups excluding carboxylic acids is 1. The topological polar surface area (TPSA) is 42.0 Å². The monoisotopic (exact) mass is 310 g/mol. The third-order valence-electron chi connectivity index (χ3n) is 3.93. The molecule has 1 heterocycles. The number of hydrogen-bond donors (Lipinski definition) is 1. The number of nitrogens with zero attached hydrogens (tertiary/aromatic N) is 1. The molecular weight excluding hydrogens is 284 g/mol. The summed E-state index contributed by atoms with van der Waals surface area (Å²) in [6.45, 7) is 2.20. The molecule has 0 bridgehead atoms. The summed E-state index contributed by atoms with van der Waals surface area (Å²) in [4.78, 5) is 16.7. The molecule has 122 valence electrons. The van der Waals surface area contributed by atoms with Crippen molar-refractivity contribution in [3.63, 3.8) is 0 Å². The minimum atomic E-state index is -0.180. The van der Waals surface area contributed by atoms with Crippen LogP contribution in [0.3, 0.4) is 0 Å². The van der Waals surface area contributed by atoms with E-state index < -0.39 is 0 Å². The van der Waals surface area contributed by atoms with Crippen LogP contribution in [0.15, 0.2) is 54.7 Å². The molecule has 1 amide bonds. The van der Waals surface area contributed by atoms with Crippen LogP contribution >= 0.6 is 0 Å². The summed E-state index contributed by atoms with van der Waals surface area (Å²) in [7, 11) is 0. The van der Waals surface area contributed by atoms with Crippen LogP contribution in [0.2, 0.25) is 0 Å². The van der Waals surface area contributed by atoms with Crippen LogP contribution in [-0.2, 0) is 4.79 Å². The maximum absolute atomic E-state index is 12.3. The van der Waals surface area contributed by atoms with E-state index in [2.05, 4.69) is 17.2 Å². The lowest BCUT2D eigenvalue weighted by atomic mass is 10.0. The number of amides is 1. The van der Waals surface area contributed by atoms with Gasteiger partial charge in [0.15, 0.2) is 0 Å². The lowest BCUT2D eigenvalue weighted by molar-refractivity contribution is -0.121. The van der Waals surface area contributed by atoms with Gasteiger partial charge in [-0.05, 0) is 24.1 Å². The third-order valence-corrected chi connectivity index (χ3v) is 3.93. The van der Waals surface area contributed by atoms with Gasteiger partial charge in [-0.3, -0.25) is 9.78 Å². The molecule has 2 aromatic rings. The van der Waals surface area contributed by atoms with Crippen molar-refractivity contribution < 1.29 is 4.79 Å². The van der Waals surface area contributed by atoms with Crippen molar-refractivity contribution in [2.24, 2.45) is 0 Å². The highest BCUT2D eigenvalue weighted by Crippen LogP contribution is 2.20. The fourth-order valence-electron chi connectivity index (χ4n) is 2.64. The molecule has 1 atom stereocenters. The number of hydrogen-bond acceptors (Lipinski definition) is 2. The van der Waals surface area contributed by atoms with Gasteiger partial charge in [-0.25, -0.2) is 0 Å². The van der Waals surface area contributed by atoms with E-state index in [9.17, 15) is 4.79 Å². The number of unbranched alkanes of at least 4 members (excludes halogenated alkanes) is 4. The smallest absolute Gasteiger partial charge is 0.220 e. The number of carbonyl (C=O) groups is 1. The van der Waals surface area contributed by atoms with Crippen molar-refractivity contribution >= 4 is 5.91 Å². The van der Waals surface area contributed by atoms with Gasteiger partial charge in [0, 0.05) is 12.6 Å². The molecule has 3 heteroatoms. The molecule has 0 radical (unpaired) electrons. The Labute approximate surface area is 139 Å². The Hall–Kier alpha value is -2.16. The Morgan fingerprint density at radius 3 is 2.43 bits per heavy atom. The first-order valence-corrected chi connectivity index (χ1v) is 8.56. The first kappa shape index (κ1) is 17.2. The fourth-order valence-corrected chi connectivity index (χ4v) is 2.64. The van der Waals surface area contributed by atoms with Crippen molar-refractivity contribution in [1.82, 2.24) is 10.3 Å². The highest BCUT2D eigenvalue weighted by Gasteiger charge is 2.17. The molecule has 0 saturated heterocycles. The van der Waals surface area contributed by atoms with Crippen LogP contribution in [0.4, 0.5) is 0 Å². The number of pyridine rings is 1. The molecular formula is C20H26N2O. The first-order valence-electron chi connectivity index (χ1n) is 8.56. The van der Waals surface area contributed by atoms with Gasteiger partial charge in [0.05, 0.1) is 11.7 Å². The highest BCUT2D eigenvalue weighted by molar-refractivity contribution is 5.76. The van der Waals surface area contributed by atoms with Crippen LogP contribution in [0, 0.1) is 0 Å². The third kappa shape index (κ3) is 5.85. The highest BCUT2D eigenvalue weighted by atomic mass is 16.1.